The number of rotatable bonds is 8. The first kappa shape index (κ1) is 15.0. The maximum absolute atomic E-state index is 11.3. The molecule has 1 rings (SSSR count). The molecule has 1 aliphatic rings. The lowest BCUT2D eigenvalue weighted by Gasteiger charge is -2.13. The molecule has 104 valence electrons. The van der Waals surface area contributed by atoms with E-state index in [2.05, 4.69) is 4.74 Å². The average molecular weight is 258 g/mol. The molecule has 1 fully saturated rings. The van der Waals surface area contributed by atoms with Gasteiger partial charge in [0.2, 0.25) is 0 Å². The third kappa shape index (κ3) is 5.04. The number of aliphatic carboxylic acids is 1. The first-order valence-electron chi connectivity index (χ1n) is 6.66. The van der Waals surface area contributed by atoms with Crippen LogP contribution in [0.3, 0.4) is 0 Å². The van der Waals surface area contributed by atoms with Gasteiger partial charge in [-0.3, -0.25) is 0 Å². The van der Waals surface area contributed by atoms with Gasteiger partial charge in [0.1, 0.15) is 0 Å². The fourth-order valence-electron chi connectivity index (χ4n) is 2.33. The molecule has 1 aliphatic carbocycles. The Hall–Kier alpha value is -1.10. The van der Waals surface area contributed by atoms with E-state index >= 15 is 0 Å². The Morgan fingerprint density at radius 2 is 2.00 bits per heavy atom. The van der Waals surface area contributed by atoms with Gasteiger partial charge in [0.05, 0.1) is 6.61 Å². The molecule has 1 unspecified atom stereocenters. The van der Waals surface area contributed by atoms with Crippen LogP contribution in [-0.2, 0) is 19.1 Å². The minimum Gasteiger partial charge on any atom is -0.479 e. The van der Waals surface area contributed by atoms with Crippen molar-refractivity contribution in [2.45, 2.75) is 51.6 Å². The molecule has 0 aromatic heterocycles. The summed E-state index contributed by atoms with van der Waals surface area (Å²) >= 11 is 0. The molecule has 0 bridgehead atoms. The van der Waals surface area contributed by atoms with Crippen molar-refractivity contribution in [3.63, 3.8) is 0 Å². The van der Waals surface area contributed by atoms with E-state index in [1.165, 1.54) is 25.7 Å². The van der Waals surface area contributed by atoms with Crippen molar-refractivity contribution in [3.8, 4) is 0 Å². The molecule has 0 aromatic rings. The number of carbonyl (C=O) groups is 2. The van der Waals surface area contributed by atoms with Gasteiger partial charge >= 0.3 is 11.9 Å². The van der Waals surface area contributed by atoms with E-state index < -0.39 is 18.0 Å². The zero-order valence-electron chi connectivity index (χ0n) is 10.9. The van der Waals surface area contributed by atoms with Crippen LogP contribution in [0, 0.1) is 5.92 Å². The number of carboxylic acid groups (broad SMARTS) is 1. The van der Waals surface area contributed by atoms with Gasteiger partial charge in [-0.2, -0.15) is 0 Å². The predicted octanol–water partition coefficient (Wildman–Crippen LogP) is 1.99. The second-order valence-corrected chi connectivity index (χ2v) is 4.63. The molecule has 0 aliphatic heterocycles. The number of carbonyl (C=O) groups excluding carboxylic acids is 1. The maximum atomic E-state index is 11.3. The molecule has 1 saturated carbocycles. The molecule has 1 N–H and O–H groups in total. The van der Waals surface area contributed by atoms with Crippen LogP contribution in [0.15, 0.2) is 0 Å². The van der Waals surface area contributed by atoms with E-state index in [-0.39, 0.29) is 6.61 Å². The highest BCUT2D eigenvalue weighted by Gasteiger charge is 2.28. The van der Waals surface area contributed by atoms with E-state index in [0.717, 1.165) is 18.8 Å². The lowest BCUT2D eigenvalue weighted by Crippen LogP contribution is -2.34. The Morgan fingerprint density at radius 3 is 2.56 bits per heavy atom. The SMILES string of the molecule is CCOC(=O)C(OCCCC1CCCC1)C(=O)O. The van der Waals surface area contributed by atoms with Crippen molar-refractivity contribution in [2.24, 2.45) is 5.92 Å². The minimum atomic E-state index is -1.48. The Kier molecular flexibility index (Phi) is 6.72. The van der Waals surface area contributed by atoms with Crippen LogP contribution in [0.25, 0.3) is 0 Å². The fraction of sp³-hybridized carbons (Fsp3) is 0.846. The van der Waals surface area contributed by atoms with Gasteiger partial charge in [-0.25, -0.2) is 9.59 Å². The molecule has 5 nitrogen and oxygen atoms in total. The van der Waals surface area contributed by atoms with Crippen molar-refractivity contribution in [1.82, 2.24) is 0 Å². The predicted molar refractivity (Wildman–Crippen MR) is 65.2 cm³/mol. The Labute approximate surface area is 107 Å². The molecular weight excluding hydrogens is 236 g/mol. The number of esters is 1. The van der Waals surface area contributed by atoms with Gasteiger partial charge in [0.25, 0.3) is 6.10 Å². The topological polar surface area (TPSA) is 72.8 Å². The lowest BCUT2D eigenvalue weighted by atomic mass is 10.0. The van der Waals surface area contributed by atoms with Crippen LogP contribution < -0.4 is 0 Å². The van der Waals surface area contributed by atoms with E-state index in [1.54, 1.807) is 6.92 Å². The minimum absolute atomic E-state index is 0.161. The van der Waals surface area contributed by atoms with Crippen molar-refractivity contribution in [2.75, 3.05) is 13.2 Å². The summed E-state index contributed by atoms with van der Waals surface area (Å²) in [6.07, 6.45) is 5.50. The highest BCUT2D eigenvalue weighted by Crippen LogP contribution is 2.28. The van der Waals surface area contributed by atoms with Gasteiger partial charge in [-0.1, -0.05) is 25.7 Å². The van der Waals surface area contributed by atoms with Crippen LogP contribution in [0.1, 0.15) is 45.4 Å². The summed E-state index contributed by atoms with van der Waals surface area (Å²) in [5, 5.41) is 8.86. The van der Waals surface area contributed by atoms with Crippen molar-refractivity contribution < 1.29 is 24.2 Å². The van der Waals surface area contributed by atoms with Crippen LogP contribution in [0.4, 0.5) is 0 Å². The van der Waals surface area contributed by atoms with Gasteiger partial charge in [0, 0.05) is 6.61 Å². The number of ether oxygens (including phenoxy) is 2. The first-order chi connectivity index (χ1) is 8.65. The smallest absolute Gasteiger partial charge is 0.347 e. The average Bonchev–Trinajstić information content (AvgIpc) is 2.81. The fourth-order valence-corrected chi connectivity index (χ4v) is 2.33. The third-order valence-electron chi connectivity index (χ3n) is 3.24. The summed E-state index contributed by atoms with van der Waals surface area (Å²) < 4.78 is 9.75. The van der Waals surface area contributed by atoms with Gasteiger partial charge < -0.3 is 14.6 Å². The molecule has 5 heteroatoms. The summed E-state index contributed by atoms with van der Waals surface area (Å²) in [5.41, 5.74) is 0. The maximum Gasteiger partial charge on any atom is 0.347 e. The molecular formula is C13H22O5. The number of carboxylic acids is 1. The van der Waals surface area contributed by atoms with E-state index in [1.807, 2.05) is 0 Å². The summed E-state index contributed by atoms with van der Waals surface area (Å²) in [6, 6.07) is 0. The van der Waals surface area contributed by atoms with Crippen LogP contribution in [0.5, 0.6) is 0 Å². The largest absolute Gasteiger partial charge is 0.479 e. The van der Waals surface area contributed by atoms with Crippen molar-refractivity contribution in [1.29, 1.82) is 0 Å². The molecule has 1 atom stereocenters. The quantitative estimate of drug-likeness (QED) is 0.409. The van der Waals surface area contributed by atoms with Crippen LogP contribution in [-0.4, -0.2) is 36.4 Å². The summed E-state index contributed by atoms with van der Waals surface area (Å²) in [5.74, 6) is -1.35. The number of hydrogen-bond donors (Lipinski definition) is 1. The third-order valence-corrected chi connectivity index (χ3v) is 3.24. The van der Waals surface area contributed by atoms with Gasteiger partial charge in [0.15, 0.2) is 0 Å². The first-order valence-corrected chi connectivity index (χ1v) is 6.66. The van der Waals surface area contributed by atoms with Crippen molar-refractivity contribution >= 4 is 11.9 Å². The molecule has 0 saturated heterocycles. The molecule has 0 amide bonds. The lowest BCUT2D eigenvalue weighted by molar-refractivity contribution is -0.169. The highest BCUT2D eigenvalue weighted by atomic mass is 16.6. The van der Waals surface area contributed by atoms with E-state index in [0.29, 0.717) is 6.61 Å². The zero-order chi connectivity index (χ0) is 13.4. The summed E-state index contributed by atoms with van der Waals surface area (Å²) in [6.45, 7) is 2.09. The molecule has 0 heterocycles. The van der Waals surface area contributed by atoms with E-state index in [9.17, 15) is 9.59 Å². The monoisotopic (exact) mass is 258 g/mol. The number of hydrogen-bond acceptors (Lipinski definition) is 4. The summed E-state index contributed by atoms with van der Waals surface area (Å²) in [4.78, 5) is 22.1. The molecule has 0 aromatic carbocycles. The second kappa shape index (κ2) is 8.08. The molecule has 0 radical (unpaired) electrons. The highest BCUT2D eigenvalue weighted by molar-refractivity contribution is 5.97. The zero-order valence-corrected chi connectivity index (χ0v) is 10.9. The Morgan fingerprint density at radius 1 is 1.33 bits per heavy atom. The van der Waals surface area contributed by atoms with Crippen LogP contribution in [0.2, 0.25) is 0 Å². The summed E-state index contributed by atoms with van der Waals surface area (Å²) in [7, 11) is 0. The van der Waals surface area contributed by atoms with Crippen molar-refractivity contribution in [3.05, 3.63) is 0 Å². The van der Waals surface area contributed by atoms with Gasteiger partial charge in [-0.15, -0.1) is 0 Å². The standard InChI is InChI=1S/C13H22O5/c1-2-17-13(16)11(12(14)15)18-9-5-8-10-6-3-4-7-10/h10-11H,2-9H2,1H3,(H,14,15). The Bertz CT molecular complexity index is 271. The molecule has 18 heavy (non-hydrogen) atoms. The van der Waals surface area contributed by atoms with E-state index in [4.69, 9.17) is 9.84 Å². The van der Waals surface area contributed by atoms with Gasteiger partial charge in [-0.05, 0) is 25.7 Å². The molecule has 0 spiro atoms. The normalized spacial score (nSPS) is 17.6. The Balaban J connectivity index is 2.20. The van der Waals surface area contributed by atoms with Crippen LogP contribution >= 0.6 is 0 Å². The second-order valence-electron chi connectivity index (χ2n) is 4.63.